The molecule has 2 atom stereocenters. The average molecular weight is 226 g/mol. The van der Waals surface area contributed by atoms with Gasteiger partial charge in [0.05, 0.1) is 6.54 Å². The normalized spacial score (nSPS) is 23.2. The van der Waals surface area contributed by atoms with Crippen LogP contribution >= 0.6 is 0 Å². The van der Waals surface area contributed by atoms with Crippen molar-refractivity contribution in [2.45, 2.75) is 46.1 Å². The maximum atomic E-state index is 11.8. The van der Waals surface area contributed by atoms with Crippen LogP contribution in [0.4, 0.5) is 0 Å². The van der Waals surface area contributed by atoms with E-state index in [-0.39, 0.29) is 24.4 Å². The number of hydrogen-bond donors (Lipinski definition) is 1. The van der Waals surface area contributed by atoms with Crippen LogP contribution in [0, 0.1) is 5.92 Å². The fourth-order valence-corrected chi connectivity index (χ4v) is 1.95. The first kappa shape index (κ1) is 13.0. The Kier molecular flexibility index (Phi) is 4.77. The molecule has 2 amide bonds. The van der Waals surface area contributed by atoms with E-state index in [1.807, 2.05) is 6.92 Å². The summed E-state index contributed by atoms with van der Waals surface area (Å²) in [5.74, 6) is 0.511. The van der Waals surface area contributed by atoms with Gasteiger partial charge >= 0.3 is 0 Å². The van der Waals surface area contributed by atoms with Crippen LogP contribution in [0.3, 0.4) is 0 Å². The van der Waals surface area contributed by atoms with Gasteiger partial charge in [-0.3, -0.25) is 9.59 Å². The molecule has 4 nitrogen and oxygen atoms in total. The van der Waals surface area contributed by atoms with Gasteiger partial charge in [0.2, 0.25) is 11.8 Å². The maximum absolute atomic E-state index is 11.8. The lowest BCUT2D eigenvalue weighted by Gasteiger charge is -2.36. The van der Waals surface area contributed by atoms with Gasteiger partial charge in [-0.1, -0.05) is 33.6 Å². The van der Waals surface area contributed by atoms with Crippen molar-refractivity contribution < 1.29 is 9.59 Å². The standard InChI is InChI=1S/C12H22N2O2/c1-4-6-10-12(16)13-7-11(15)14(10)8-9(3)5-2/h9-10H,4-8H2,1-3H3,(H,13,16). The summed E-state index contributed by atoms with van der Waals surface area (Å²) in [7, 11) is 0. The molecule has 0 aromatic carbocycles. The van der Waals surface area contributed by atoms with Crippen LogP contribution in [0.25, 0.3) is 0 Å². The molecule has 0 aliphatic carbocycles. The molecule has 0 aromatic rings. The van der Waals surface area contributed by atoms with E-state index in [1.54, 1.807) is 4.90 Å². The Morgan fingerprint density at radius 2 is 2.12 bits per heavy atom. The highest BCUT2D eigenvalue weighted by Gasteiger charge is 2.33. The second-order valence-corrected chi connectivity index (χ2v) is 4.58. The van der Waals surface area contributed by atoms with Crippen LogP contribution in [0.5, 0.6) is 0 Å². The fraction of sp³-hybridized carbons (Fsp3) is 0.833. The van der Waals surface area contributed by atoms with Gasteiger partial charge in [0.1, 0.15) is 6.04 Å². The third-order valence-electron chi connectivity index (χ3n) is 3.18. The molecule has 1 fully saturated rings. The first-order chi connectivity index (χ1) is 7.60. The summed E-state index contributed by atoms with van der Waals surface area (Å²) in [5.41, 5.74) is 0. The van der Waals surface area contributed by atoms with Crippen LogP contribution in [0.1, 0.15) is 40.0 Å². The summed E-state index contributed by atoms with van der Waals surface area (Å²) in [5, 5.41) is 2.66. The quantitative estimate of drug-likeness (QED) is 0.764. The Bertz CT molecular complexity index is 266. The molecule has 0 saturated carbocycles. The molecule has 1 aliphatic heterocycles. The van der Waals surface area contributed by atoms with Gasteiger partial charge < -0.3 is 10.2 Å². The van der Waals surface area contributed by atoms with Crippen molar-refractivity contribution in [1.29, 1.82) is 0 Å². The molecule has 0 radical (unpaired) electrons. The van der Waals surface area contributed by atoms with Crippen molar-refractivity contribution in [3.63, 3.8) is 0 Å². The minimum Gasteiger partial charge on any atom is -0.345 e. The highest BCUT2D eigenvalue weighted by molar-refractivity contribution is 5.94. The average Bonchev–Trinajstić information content (AvgIpc) is 2.28. The Labute approximate surface area is 97.4 Å². The highest BCUT2D eigenvalue weighted by atomic mass is 16.2. The number of carbonyl (C=O) groups excluding carboxylic acids is 2. The van der Waals surface area contributed by atoms with Gasteiger partial charge in [0.15, 0.2) is 0 Å². The highest BCUT2D eigenvalue weighted by Crippen LogP contribution is 2.15. The summed E-state index contributed by atoms with van der Waals surface area (Å²) in [6.07, 6.45) is 2.71. The van der Waals surface area contributed by atoms with Gasteiger partial charge in [-0.15, -0.1) is 0 Å². The van der Waals surface area contributed by atoms with Crippen LogP contribution in [-0.2, 0) is 9.59 Å². The van der Waals surface area contributed by atoms with Gasteiger partial charge in [-0.25, -0.2) is 0 Å². The number of hydrogen-bond acceptors (Lipinski definition) is 2. The van der Waals surface area contributed by atoms with Crippen molar-refractivity contribution in [3.05, 3.63) is 0 Å². The van der Waals surface area contributed by atoms with E-state index >= 15 is 0 Å². The zero-order valence-electron chi connectivity index (χ0n) is 10.5. The number of amides is 2. The Hall–Kier alpha value is -1.06. The molecule has 1 rings (SSSR count). The van der Waals surface area contributed by atoms with E-state index in [0.717, 1.165) is 19.3 Å². The van der Waals surface area contributed by atoms with E-state index in [9.17, 15) is 9.59 Å². The van der Waals surface area contributed by atoms with E-state index in [1.165, 1.54) is 0 Å². The summed E-state index contributed by atoms with van der Waals surface area (Å²) in [6.45, 7) is 7.12. The SMILES string of the molecule is CCCC1C(=O)NCC(=O)N1CC(C)CC. The monoisotopic (exact) mass is 226 g/mol. The van der Waals surface area contributed by atoms with Crippen LogP contribution < -0.4 is 5.32 Å². The lowest BCUT2D eigenvalue weighted by molar-refractivity contribution is -0.146. The second kappa shape index (κ2) is 5.87. The fourth-order valence-electron chi connectivity index (χ4n) is 1.95. The van der Waals surface area contributed by atoms with Crippen molar-refractivity contribution >= 4 is 11.8 Å². The molecule has 1 N–H and O–H groups in total. The first-order valence-electron chi connectivity index (χ1n) is 6.17. The van der Waals surface area contributed by atoms with Crippen molar-refractivity contribution in [2.75, 3.05) is 13.1 Å². The number of rotatable bonds is 5. The molecule has 0 spiro atoms. The molecule has 0 bridgehead atoms. The molecule has 1 saturated heterocycles. The van der Waals surface area contributed by atoms with E-state index in [0.29, 0.717) is 12.5 Å². The zero-order chi connectivity index (χ0) is 12.1. The molecule has 1 heterocycles. The summed E-state index contributed by atoms with van der Waals surface area (Å²) in [4.78, 5) is 25.3. The predicted octanol–water partition coefficient (Wildman–Crippen LogP) is 1.16. The smallest absolute Gasteiger partial charge is 0.243 e. The van der Waals surface area contributed by atoms with E-state index in [2.05, 4.69) is 19.2 Å². The Balaban J connectivity index is 2.71. The number of carbonyl (C=O) groups is 2. The molecule has 2 unspecified atom stereocenters. The minimum absolute atomic E-state index is 0.00440. The second-order valence-electron chi connectivity index (χ2n) is 4.58. The van der Waals surface area contributed by atoms with Gasteiger partial charge in [0, 0.05) is 6.54 Å². The lowest BCUT2D eigenvalue weighted by atomic mass is 10.0. The largest absolute Gasteiger partial charge is 0.345 e. The van der Waals surface area contributed by atoms with Crippen LogP contribution in [0.2, 0.25) is 0 Å². The molecule has 16 heavy (non-hydrogen) atoms. The maximum Gasteiger partial charge on any atom is 0.243 e. The molecule has 0 aromatic heterocycles. The van der Waals surface area contributed by atoms with Crippen molar-refractivity contribution in [3.8, 4) is 0 Å². The molecule has 92 valence electrons. The van der Waals surface area contributed by atoms with Gasteiger partial charge in [-0.2, -0.15) is 0 Å². The van der Waals surface area contributed by atoms with Crippen molar-refractivity contribution in [1.82, 2.24) is 10.2 Å². The summed E-state index contributed by atoms with van der Waals surface area (Å²) in [6, 6.07) is -0.250. The lowest BCUT2D eigenvalue weighted by Crippen LogP contribution is -2.59. The Morgan fingerprint density at radius 1 is 1.44 bits per heavy atom. The van der Waals surface area contributed by atoms with E-state index in [4.69, 9.17) is 0 Å². The van der Waals surface area contributed by atoms with Crippen LogP contribution in [-0.4, -0.2) is 35.8 Å². The molecular formula is C12H22N2O2. The third kappa shape index (κ3) is 2.97. The molecule has 1 aliphatic rings. The third-order valence-corrected chi connectivity index (χ3v) is 3.18. The van der Waals surface area contributed by atoms with Gasteiger partial charge in [0.25, 0.3) is 0 Å². The number of nitrogens with zero attached hydrogens (tertiary/aromatic N) is 1. The Morgan fingerprint density at radius 3 is 2.69 bits per heavy atom. The minimum atomic E-state index is -0.250. The van der Waals surface area contributed by atoms with Gasteiger partial charge in [-0.05, 0) is 12.3 Å². The number of nitrogens with one attached hydrogen (secondary N) is 1. The molecular weight excluding hydrogens is 204 g/mol. The van der Waals surface area contributed by atoms with Crippen LogP contribution in [0.15, 0.2) is 0 Å². The molecule has 4 heteroatoms. The number of piperazine rings is 1. The zero-order valence-corrected chi connectivity index (χ0v) is 10.5. The topological polar surface area (TPSA) is 49.4 Å². The summed E-state index contributed by atoms with van der Waals surface area (Å²) < 4.78 is 0. The summed E-state index contributed by atoms with van der Waals surface area (Å²) >= 11 is 0. The van der Waals surface area contributed by atoms with Crippen molar-refractivity contribution in [2.24, 2.45) is 5.92 Å². The van der Waals surface area contributed by atoms with E-state index < -0.39 is 0 Å². The first-order valence-corrected chi connectivity index (χ1v) is 6.17. The predicted molar refractivity (Wildman–Crippen MR) is 62.9 cm³/mol.